The highest BCUT2D eigenvalue weighted by atomic mass is 35.5. The lowest BCUT2D eigenvalue weighted by molar-refractivity contribution is -0.139. The van der Waals surface area contributed by atoms with Gasteiger partial charge in [-0.3, -0.25) is 14.4 Å². The molecule has 9 nitrogen and oxygen atoms in total. The normalized spacial score (nSPS) is 14.2. The zero-order valence-electron chi connectivity index (χ0n) is 19.3. The standard InChI is InChI=1S/C24H24Cl2FN3O6/c1-14(7-8-28-22(31)13-35-16-4-5-17(26)18(27)10-16)29-24(33)21-11-30(12-23(32)34-2)19-9-15(25)3-6-20(19)36-21/h3-6,9-10,21H,1,7-8,11-13H2,2H3,(H,28,31)(H,29,33)/t21-/m0/s1. The average Bonchev–Trinajstić information content (AvgIpc) is 2.84. The van der Waals surface area contributed by atoms with Gasteiger partial charge in [-0.15, -0.1) is 0 Å². The van der Waals surface area contributed by atoms with Gasteiger partial charge in [0.05, 0.1) is 24.4 Å². The van der Waals surface area contributed by atoms with E-state index in [1.807, 2.05) is 0 Å². The van der Waals surface area contributed by atoms with Crippen LogP contribution in [0.25, 0.3) is 0 Å². The van der Waals surface area contributed by atoms with Gasteiger partial charge in [-0.25, -0.2) is 4.39 Å². The second-order valence-electron chi connectivity index (χ2n) is 7.73. The van der Waals surface area contributed by atoms with Gasteiger partial charge in [-0.05, 0) is 30.3 Å². The van der Waals surface area contributed by atoms with Crippen LogP contribution in [-0.2, 0) is 19.1 Å². The number of halogens is 3. The first-order valence-electron chi connectivity index (χ1n) is 10.8. The van der Waals surface area contributed by atoms with Crippen molar-refractivity contribution < 1.29 is 33.0 Å². The number of benzene rings is 2. The van der Waals surface area contributed by atoms with E-state index in [0.717, 1.165) is 6.07 Å². The predicted molar refractivity (Wildman–Crippen MR) is 132 cm³/mol. The van der Waals surface area contributed by atoms with Gasteiger partial charge in [-0.2, -0.15) is 0 Å². The average molecular weight is 540 g/mol. The summed E-state index contributed by atoms with van der Waals surface area (Å²) in [7, 11) is 1.28. The Morgan fingerprint density at radius 3 is 2.72 bits per heavy atom. The minimum absolute atomic E-state index is 0.0456. The Balaban J connectivity index is 1.46. The van der Waals surface area contributed by atoms with Crippen LogP contribution < -0.4 is 25.0 Å². The topological polar surface area (TPSA) is 106 Å². The highest BCUT2D eigenvalue weighted by Crippen LogP contribution is 2.35. The Bertz CT molecular complexity index is 1160. The van der Waals surface area contributed by atoms with Crippen molar-refractivity contribution in [1.29, 1.82) is 0 Å². The number of fused-ring (bicyclic) bond motifs is 1. The number of nitrogens with zero attached hydrogens (tertiary/aromatic N) is 1. The van der Waals surface area contributed by atoms with Crippen LogP contribution in [0.4, 0.5) is 10.1 Å². The predicted octanol–water partition coefficient (Wildman–Crippen LogP) is 3.09. The van der Waals surface area contributed by atoms with Crippen molar-refractivity contribution in [1.82, 2.24) is 10.6 Å². The number of anilines is 1. The fourth-order valence-electron chi connectivity index (χ4n) is 3.27. The van der Waals surface area contributed by atoms with Crippen LogP contribution in [0.3, 0.4) is 0 Å². The fourth-order valence-corrected chi connectivity index (χ4v) is 3.55. The van der Waals surface area contributed by atoms with Crippen LogP contribution >= 0.6 is 23.2 Å². The molecule has 2 amide bonds. The van der Waals surface area contributed by atoms with Crippen molar-refractivity contribution in [2.75, 3.05) is 38.3 Å². The van der Waals surface area contributed by atoms with Crippen LogP contribution in [0, 0.1) is 5.82 Å². The molecule has 3 rings (SSSR count). The quantitative estimate of drug-likeness (QED) is 0.447. The third-order valence-corrected chi connectivity index (χ3v) is 5.61. The zero-order valence-corrected chi connectivity index (χ0v) is 20.8. The van der Waals surface area contributed by atoms with Crippen molar-refractivity contribution >= 4 is 46.7 Å². The molecule has 0 bridgehead atoms. The van der Waals surface area contributed by atoms with E-state index in [4.69, 9.17) is 37.4 Å². The lowest BCUT2D eigenvalue weighted by Gasteiger charge is -2.35. The van der Waals surface area contributed by atoms with Crippen molar-refractivity contribution in [3.8, 4) is 11.5 Å². The van der Waals surface area contributed by atoms with E-state index in [-0.39, 0.29) is 43.4 Å². The SMILES string of the molecule is C=C(CCNC(=O)COc1ccc(Cl)c(F)c1)NC(=O)[C@@H]1CN(CC(=O)OC)c2cc(Cl)ccc2O1. The van der Waals surface area contributed by atoms with Gasteiger partial charge in [0.15, 0.2) is 12.7 Å². The summed E-state index contributed by atoms with van der Waals surface area (Å²) in [6.07, 6.45) is -0.680. The van der Waals surface area contributed by atoms with Crippen molar-refractivity contribution in [3.63, 3.8) is 0 Å². The Morgan fingerprint density at radius 1 is 1.22 bits per heavy atom. The number of methoxy groups -OCH3 is 1. The molecule has 0 saturated heterocycles. The highest BCUT2D eigenvalue weighted by molar-refractivity contribution is 6.31. The number of rotatable bonds is 10. The van der Waals surface area contributed by atoms with E-state index in [9.17, 15) is 18.8 Å². The van der Waals surface area contributed by atoms with Crippen molar-refractivity contribution in [3.05, 3.63) is 64.5 Å². The lowest BCUT2D eigenvalue weighted by Crippen LogP contribution is -2.50. The van der Waals surface area contributed by atoms with Gasteiger partial charge in [0.1, 0.15) is 23.9 Å². The van der Waals surface area contributed by atoms with Gasteiger partial charge in [-0.1, -0.05) is 29.8 Å². The van der Waals surface area contributed by atoms with Crippen LogP contribution in [0.5, 0.6) is 11.5 Å². The third kappa shape index (κ3) is 7.50. The molecule has 1 aliphatic rings. The van der Waals surface area contributed by atoms with E-state index in [1.54, 1.807) is 23.1 Å². The number of hydrogen-bond acceptors (Lipinski definition) is 7. The molecule has 0 aliphatic carbocycles. The van der Waals surface area contributed by atoms with Crippen LogP contribution in [-0.4, -0.2) is 57.2 Å². The molecule has 2 N–H and O–H groups in total. The number of amides is 2. The molecule has 0 radical (unpaired) electrons. The van der Waals surface area contributed by atoms with Gasteiger partial charge in [0.2, 0.25) is 0 Å². The monoisotopic (exact) mass is 539 g/mol. The van der Waals surface area contributed by atoms with Crippen molar-refractivity contribution in [2.45, 2.75) is 12.5 Å². The van der Waals surface area contributed by atoms with Crippen molar-refractivity contribution in [2.24, 2.45) is 0 Å². The van der Waals surface area contributed by atoms with Gasteiger partial charge < -0.3 is 29.7 Å². The third-order valence-electron chi connectivity index (χ3n) is 5.07. The molecule has 0 unspecified atom stereocenters. The second-order valence-corrected chi connectivity index (χ2v) is 8.58. The molecule has 1 heterocycles. The number of carbonyl (C=O) groups is 3. The second kappa shape index (κ2) is 12.5. The summed E-state index contributed by atoms with van der Waals surface area (Å²) < 4.78 is 29.2. The molecule has 0 aromatic heterocycles. The molecule has 2 aromatic carbocycles. The fraction of sp³-hybridized carbons (Fsp3) is 0.292. The van der Waals surface area contributed by atoms with Crippen LogP contribution in [0.15, 0.2) is 48.7 Å². The molecule has 12 heteroatoms. The summed E-state index contributed by atoms with van der Waals surface area (Å²) in [6.45, 7) is 3.65. The zero-order chi connectivity index (χ0) is 26.2. The number of hydrogen-bond donors (Lipinski definition) is 2. The van der Waals surface area contributed by atoms with Gasteiger partial charge in [0, 0.05) is 29.8 Å². The smallest absolute Gasteiger partial charge is 0.325 e. The first-order valence-corrected chi connectivity index (χ1v) is 11.5. The maximum Gasteiger partial charge on any atom is 0.325 e. The number of ether oxygens (including phenoxy) is 3. The first kappa shape index (κ1) is 27.1. The lowest BCUT2D eigenvalue weighted by atomic mass is 10.1. The molecule has 192 valence electrons. The van der Waals surface area contributed by atoms with E-state index in [0.29, 0.717) is 22.2 Å². The van der Waals surface area contributed by atoms with Gasteiger partial charge in [0.25, 0.3) is 11.8 Å². The largest absolute Gasteiger partial charge is 0.484 e. The minimum atomic E-state index is -0.928. The van der Waals surface area contributed by atoms with Crippen LogP contribution in [0.1, 0.15) is 6.42 Å². The summed E-state index contributed by atoms with van der Waals surface area (Å²) in [6, 6.07) is 8.73. The molecular formula is C24H24Cl2FN3O6. The minimum Gasteiger partial charge on any atom is -0.484 e. The number of nitrogens with one attached hydrogen (secondary N) is 2. The maximum absolute atomic E-state index is 13.4. The Kier molecular flexibility index (Phi) is 9.38. The molecule has 1 aliphatic heterocycles. The Morgan fingerprint density at radius 2 is 2.00 bits per heavy atom. The summed E-state index contributed by atoms with van der Waals surface area (Å²) in [5.41, 5.74) is 0.924. The van der Waals surface area contributed by atoms with Crippen LogP contribution in [0.2, 0.25) is 10.0 Å². The molecule has 0 fully saturated rings. The van der Waals surface area contributed by atoms with E-state index in [1.165, 1.54) is 19.2 Å². The van der Waals surface area contributed by atoms with E-state index < -0.39 is 29.7 Å². The Hall–Kier alpha value is -3.50. The molecule has 1 atom stereocenters. The Labute approximate surface area is 217 Å². The summed E-state index contributed by atoms with van der Waals surface area (Å²) in [4.78, 5) is 38.2. The maximum atomic E-state index is 13.4. The van der Waals surface area contributed by atoms with E-state index in [2.05, 4.69) is 17.2 Å². The molecule has 0 spiro atoms. The van der Waals surface area contributed by atoms with E-state index >= 15 is 0 Å². The summed E-state index contributed by atoms with van der Waals surface area (Å²) >= 11 is 11.7. The first-order chi connectivity index (χ1) is 17.2. The van der Waals surface area contributed by atoms with Gasteiger partial charge >= 0.3 is 5.97 Å². The molecule has 36 heavy (non-hydrogen) atoms. The molecular weight excluding hydrogens is 516 g/mol. The number of esters is 1. The highest BCUT2D eigenvalue weighted by Gasteiger charge is 2.32. The number of carbonyl (C=O) groups excluding carboxylic acids is 3. The summed E-state index contributed by atoms with van der Waals surface area (Å²) in [5.74, 6) is -1.46. The summed E-state index contributed by atoms with van der Waals surface area (Å²) in [5, 5.41) is 5.68. The molecule has 2 aromatic rings. The molecule has 0 saturated carbocycles.